The molecule has 0 saturated heterocycles. The molecule has 4 N–H and O–H groups in total. The maximum atomic E-state index is 13.7. The van der Waals surface area contributed by atoms with Crippen LogP contribution in [0.3, 0.4) is 0 Å². The van der Waals surface area contributed by atoms with Gasteiger partial charge in [0, 0.05) is 13.1 Å². The SMILES string of the molecule is CC(C)CN(C[C@@H](O)[C@H](Cc1ccccc1)NC(=O)[C@@H](NC(=O)OCc1ccccc1)C(C)C)S(=O)(=O)c1ccc(/C=N/O)cc1. The van der Waals surface area contributed by atoms with E-state index in [0.717, 1.165) is 11.1 Å². The van der Waals surface area contributed by atoms with E-state index < -0.39 is 40.2 Å². The monoisotopic (exact) mass is 652 g/mol. The quantitative estimate of drug-likeness (QED) is 0.103. The van der Waals surface area contributed by atoms with Crippen molar-refractivity contribution >= 4 is 28.2 Å². The van der Waals surface area contributed by atoms with Crippen LogP contribution < -0.4 is 10.6 Å². The number of sulfonamides is 1. The number of aliphatic hydroxyl groups excluding tert-OH is 1. The summed E-state index contributed by atoms with van der Waals surface area (Å²) in [6.07, 6.45) is -0.674. The van der Waals surface area contributed by atoms with Crippen LogP contribution in [0.5, 0.6) is 0 Å². The van der Waals surface area contributed by atoms with Crippen molar-refractivity contribution < 1.29 is 33.1 Å². The molecular weight excluding hydrogens is 608 g/mol. The standard InChI is InChI=1S/C34H44N4O7S/c1-24(2)21-38(46(43,44)29-17-15-27(16-18-29)20-35-42)22-31(39)30(19-26-11-7-5-8-12-26)36-33(40)32(25(3)4)37-34(41)45-23-28-13-9-6-10-14-28/h5-18,20,24-25,30-32,39,42H,19,21-23H2,1-4H3,(H,36,40)(H,37,41)/b35-20+/t30-,31+,32-/m0/s1. The van der Waals surface area contributed by atoms with Gasteiger partial charge in [-0.3, -0.25) is 4.79 Å². The van der Waals surface area contributed by atoms with Crippen LogP contribution in [-0.4, -0.2) is 72.5 Å². The van der Waals surface area contributed by atoms with Gasteiger partial charge < -0.3 is 25.7 Å². The Morgan fingerprint density at radius 1 is 0.870 bits per heavy atom. The van der Waals surface area contributed by atoms with Crippen LogP contribution in [0.1, 0.15) is 44.4 Å². The molecule has 11 nitrogen and oxygen atoms in total. The topological polar surface area (TPSA) is 158 Å². The predicted octanol–water partition coefficient (Wildman–Crippen LogP) is 4.18. The number of benzene rings is 3. The summed E-state index contributed by atoms with van der Waals surface area (Å²) in [5.74, 6) is -0.928. The van der Waals surface area contributed by atoms with Gasteiger partial charge in [0.15, 0.2) is 0 Å². The molecule has 3 aromatic rings. The largest absolute Gasteiger partial charge is 0.445 e. The van der Waals surface area contributed by atoms with Crippen molar-refractivity contribution in [3.63, 3.8) is 0 Å². The number of oxime groups is 1. The summed E-state index contributed by atoms with van der Waals surface area (Å²) < 4.78 is 34.0. The normalized spacial score (nSPS) is 13.9. The van der Waals surface area contributed by atoms with Gasteiger partial charge in [-0.05, 0) is 47.1 Å². The molecule has 3 atom stereocenters. The third-order valence-electron chi connectivity index (χ3n) is 7.21. The number of aliphatic hydroxyl groups is 1. The number of nitrogens with one attached hydrogen (secondary N) is 2. The molecule has 0 saturated carbocycles. The van der Waals surface area contributed by atoms with E-state index in [0.29, 0.717) is 5.56 Å². The zero-order chi connectivity index (χ0) is 33.7. The highest BCUT2D eigenvalue weighted by atomic mass is 32.2. The highest BCUT2D eigenvalue weighted by Crippen LogP contribution is 2.20. The molecule has 248 valence electrons. The molecule has 0 aliphatic rings. The minimum absolute atomic E-state index is 0.0113. The van der Waals surface area contributed by atoms with Gasteiger partial charge >= 0.3 is 6.09 Å². The second-order valence-electron chi connectivity index (χ2n) is 11.8. The molecule has 0 spiro atoms. The Balaban J connectivity index is 1.82. The summed E-state index contributed by atoms with van der Waals surface area (Å²) >= 11 is 0. The van der Waals surface area contributed by atoms with Crippen molar-refractivity contribution in [2.45, 2.75) is 63.8 Å². The van der Waals surface area contributed by atoms with E-state index in [9.17, 15) is 23.1 Å². The second-order valence-corrected chi connectivity index (χ2v) is 13.8. The maximum Gasteiger partial charge on any atom is 0.408 e. The van der Waals surface area contributed by atoms with Crippen LogP contribution >= 0.6 is 0 Å². The molecule has 46 heavy (non-hydrogen) atoms. The van der Waals surface area contributed by atoms with Crippen LogP contribution in [-0.2, 0) is 32.6 Å². The van der Waals surface area contributed by atoms with Crippen molar-refractivity contribution in [3.05, 3.63) is 102 Å². The Morgan fingerprint density at radius 2 is 1.46 bits per heavy atom. The lowest BCUT2D eigenvalue weighted by Gasteiger charge is -2.32. The summed E-state index contributed by atoms with van der Waals surface area (Å²) in [5.41, 5.74) is 2.13. The Bertz CT molecular complexity index is 1520. The molecule has 0 radical (unpaired) electrons. The van der Waals surface area contributed by atoms with E-state index in [2.05, 4.69) is 15.8 Å². The first-order valence-electron chi connectivity index (χ1n) is 15.2. The van der Waals surface area contributed by atoms with E-state index in [-0.39, 0.29) is 42.8 Å². The Labute approximate surface area is 271 Å². The number of carbonyl (C=O) groups excluding carboxylic acids is 2. The van der Waals surface area contributed by atoms with E-state index in [1.807, 2.05) is 74.5 Å². The summed E-state index contributed by atoms with van der Waals surface area (Å²) in [6, 6.07) is 22.3. The van der Waals surface area contributed by atoms with Crippen molar-refractivity contribution in [1.29, 1.82) is 0 Å². The minimum Gasteiger partial charge on any atom is -0.445 e. The molecule has 0 heterocycles. The first kappa shape index (κ1) is 36.2. The first-order valence-corrected chi connectivity index (χ1v) is 16.6. The van der Waals surface area contributed by atoms with Crippen molar-refractivity contribution in [2.24, 2.45) is 17.0 Å². The Kier molecular flexibility index (Phi) is 13.7. The Morgan fingerprint density at radius 3 is 2.00 bits per heavy atom. The number of rotatable bonds is 16. The number of ether oxygens (including phenoxy) is 1. The fourth-order valence-corrected chi connectivity index (χ4v) is 6.43. The van der Waals surface area contributed by atoms with E-state index >= 15 is 0 Å². The Hall–Kier alpha value is -4.26. The fourth-order valence-electron chi connectivity index (χ4n) is 4.81. The highest BCUT2D eigenvalue weighted by molar-refractivity contribution is 7.89. The van der Waals surface area contributed by atoms with Gasteiger partial charge in [0.2, 0.25) is 15.9 Å². The van der Waals surface area contributed by atoms with Gasteiger partial charge in [-0.2, -0.15) is 4.31 Å². The van der Waals surface area contributed by atoms with E-state index in [1.165, 1.54) is 34.8 Å². The number of hydrogen-bond acceptors (Lipinski definition) is 8. The lowest BCUT2D eigenvalue weighted by molar-refractivity contribution is -0.125. The molecule has 3 rings (SSSR count). The maximum absolute atomic E-state index is 13.7. The predicted molar refractivity (Wildman–Crippen MR) is 176 cm³/mol. The molecular formula is C34H44N4O7S. The molecule has 0 aromatic heterocycles. The molecule has 0 aliphatic heterocycles. The minimum atomic E-state index is -4.05. The molecule has 12 heteroatoms. The second kappa shape index (κ2) is 17.4. The molecule has 0 bridgehead atoms. The lowest BCUT2D eigenvalue weighted by atomic mass is 9.98. The number of alkyl carbamates (subject to hydrolysis) is 1. The fraction of sp³-hybridized carbons (Fsp3) is 0.382. The number of hydrogen-bond donors (Lipinski definition) is 4. The lowest BCUT2D eigenvalue weighted by Crippen LogP contribution is -2.57. The van der Waals surface area contributed by atoms with Gasteiger partial charge in [0.1, 0.15) is 12.6 Å². The zero-order valence-corrected chi connectivity index (χ0v) is 27.4. The van der Waals surface area contributed by atoms with E-state index in [1.54, 1.807) is 13.8 Å². The van der Waals surface area contributed by atoms with Gasteiger partial charge in [0.05, 0.1) is 23.3 Å². The van der Waals surface area contributed by atoms with Crippen LogP contribution in [0.4, 0.5) is 4.79 Å². The summed E-state index contributed by atoms with van der Waals surface area (Å²) in [7, 11) is -4.05. The average molecular weight is 653 g/mol. The molecule has 0 unspecified atom stereocenters. The van der Waals surface area contributed by atoms with Gasteiger partial charge in [-0.15, -0.1) is 0 Å². The van der Waals surface area contributed by atoms with Crippen LogP contribution in [0.25, 0.3) is 0 Å². The van der Waals surface area contributed by atoms with Crippen molar-refractivity contribution in [1.82, 2.24) is 14.9 Å². The molecule has 0 fully saturated rings. The summed E-state index contributed by atoms with van der Waals surface area (Å²) in [4.78, 5) is 26.3. The van der Waals surface area contributed by atoms with Gasteiger partial charge in [-0.25, -0.2) is 13.2 Å². The van der Waals surface area contributed by atoms with Gasteiger partial charge in [-0.1, -0.05) is 106 Å². The average Bonchev–Trinajstić information content (AvgIpc) is 3.03. The smallest absolute Gasteiger partial charge is 0.408 e. The van der Waals surface area contributed by atoms with Crippen LogP contribution in [0, 0.1) is 11.8 Å². The van der Waals surface area contributed by atoms with Crippen molar-refractivity contribution in [2.75, 3.05) is 13.1 Å². The number of carbonyl (C=O) groups is 2. The first-order chi connectivity index (χ1) is 21.9. The third kappa shape index (κ3) is 11.0. The molecule has 3 aromatic carbocycles. The van der Waals surface area contributed by atoms with Gasteiger partial charge in [0.25, 0.3) is 0 Å². The van der Waals surface area contributed by atoms with E-state index in [4.69, 9.17) is 9.94 Å². The molecule has 0 aliphatic carbocycles. The van der Waals surface area contributed by atoms with Crippen LogP contribution in [0.15, 0.2) is 95.0 Å². The van der Waals surface area contributed by atoms with Crippen LogP contribution in [0.2, 0.25) is 0 Å². The number of amides is 2. The summed E-state index contributed by atoms with van der Waals surface area (Å²) in [5, 5.41) is 28.8. The highest BCUT2D eigenvalue weighted by Gasteiger charge is 2.33. The zero-order valence-electron chi connectivity index (χ0n) is 26.6. The van der Waals surface area contributed by atoms with Crippen molar-refractivity contribution in [3.8, 4) is 0 Å². The summed E-state index contributed by atoms with van der Waals surface area (Å²) in [6.45, 7) is 7.15. The number of nitrogens with zero attached hydrogens (tertiary/aromatic N) is 2. The molecule has 2 amide bonds. The third-order valence-corrected chi connectivity index (χ3v) is 9.06.